The Morgan fingerprint density at radius 1 is 1.50 bits per heavy atom. The van der Waals surface area contributed by atoms with E-state index in [1.165, 1.54) is 0 Å². The van der Waals surface area contributed by atoms with Crippen LogP contribution in [0, 0.1) is 0 Å². The number of aliphatic hydroxyl groups excluding tert-OH is 1. The maximum absolute atomic E-state index is 11.4. The first-order valence-corrected chi connectivity index (χ1v) is 5.67. The van der Waals surface area contributed by atoms with Gasteiger partial charge in [0.25, 0.3) is 0 Å². The minimum absolute atomic E-state index is 0.0493. The van der Waals surface area contributed by atoms with E-state index in [-0.39, 0.29) is 12.4 Å². The van der Waals surface area contributed by atoms with Gasteiger partial charge in [0.1, 0.15) is 0 Å². The van der Waals surface area contributed by atoms with Crippen LogP contribution in [0.1, 0.15) is 22.3 Å². The predicted octanol–water partition coefficient (Wildman–Crippen LogP) is 2.80. The van der Waals surface area contributed by atoms with Crippen molar-refractivity contribution in [2.75, 3.05) is 5.33 Å². The minimum Gasteiger partial charge on any atom is -0.392 e. The third kappa shape index (κ3) is 2.80. The first-order valence-electron chi connectivity index (χ1n) is 4.17. The van der Waals surface area contributed by atoms with Crippen LogP contribution in [-0.4, -0.2) is 16.2 Å². The lowest BCUT2D eigenvalue weighted by Gasteiger charge is -2.03. The largest absolute Gasteiger partial charge is 0.392 e. The van der Waals surface area contributed by atoms with Crippen molar-refractivity contribution < 1.29 is 9.90 Å². The van der Waals surface area contributed by atoms with Crippen LogP contribution < -0.4 is 0 Å². The van der Waals surface area contributed by atoms with E-state index in [1.807, 2.05) is 0 Å². The number of carbonyl (C=O) groups is 1. The molecule has 0 saturated carbocycles. The van der Waals surface area contributed by atoms with E-state index in [9.17, 15) is 4.79 Å². The summed E-state index contributed by atoms with van der Waals surface area (Å²) in [6.45, 7) is -0.105. The van der Waals surface area contributed by atoms with Crippen LogP contribution in [0.5, 0.6) is 0 Å². The van der Waals surface area contributed by atoms with Gasteiger partial charge in [-0.2, -0.15) is 0 Å². The molecular weight excluding hydrogens is 267 g/mol. The number of ketones is 1. The smallest absolute Gasteiger partial charge is 0.163 e. The fourth-order valence-corrected chi connectivity index (χ4v) is 1.68. The van der Waals surface area contributed by atoms with Gasteiger partial charge < -0.3 is 5.11 Å². The van der Waals surface area contributed by atoms with Crippen molar-refractivity contribution in [3.05, 3.63) is 34.3 Å². The summed E-state index contributed by atoms with van der Waals surface area (Å²) in [5.74, 6) is 0.0493. The summed E-state index contributed by atoms with van der Waals surface area (Å²) in [4.78, 5) is 11.4. The van der Waals surface area contributed by atoms with Gasteiger partial charge in [-0.05, 0) is 11.6 Å². The number of alkyl halides is 1. The molecule has 0 aliphatic carbocycles. The monoisotopic (exact) mass is 276 g/mol. The summed E-state index contributed by atoms with van der Waals surface area (Å²) in [5.41, 5.74) is 1.23. The lowest BCUT2D eigenvalue weighted by Crippen LogP contribution is -2.00. The Labute approximate surface area is 96.0 Å². The number of halogens is 2. The number of hydrogen-bond acceptors (Lipinski definition) is 2. The summed E-state index contributed by atoms with van der Waals surface area (Å²) < 4.78 is 0. The summed E-state index contributed by atoms with van der Waals surface area (Å²) in [5, 5.41) is 9.96. The van der Waals surface area contributed by atoms with E-state index in [2.05, 4.69) is 15.9 Å². The number of aliphatic hydroxyl groups is 1. The van der Waals surface area contributed by atoms with Gasteiger partial charge in [0, 0.05) is 22.3 Å². The molecule has 0 spiro atoms. The number of Topliss-reactive ketones (excluding diaryl/α,β-unsaturated/α-hetero) is 1. The molecule has 0 aromatic heterocycles. The molecule has 1 N–H and O–H groups in total. The molecule has 76 valence electrons. The Hall–Kier alpha value is -0.380. The third-order valence-electron chi connectivity index (χ3n) is 1.87. The average Bonchev–Trinajstić information content (AvgIpc) is 2.18. The molecule has 14 heavy (non-hydrogen) atoms. The molecule has 0 heterocycles. The van der Waals surface area contributed by atoms with Gasteiger partial charge in [0.15, 0.2) is 5.78 Å². The quantitative estimate of drug-likeness (QED) is 0.679. The normalized spacial score (nSPS) is 10.2. The summed E-state index contributed by atoms with van der Waals surface area (Å²) >= 11 is 9.05. The predicted molar refractivity (Wildman–Crippen MR) is 60.1 cm³/mol. The highest BCUT2D eigenvalue weighted by atomic mass is 79.9. The molecule has 1 rings (SSSR count). The molecule has 2 nitrogen and oxygen atoms in total. The zero-order valence-corrected chi connectivity index (χ0v) is 9.81. The summed E-state index contributed by atoms with van der Waals surface area (Å²) in [6.07, 6.45) is 0.453. The Balaban J connectivity index is 2.91. The second-order valence-corrected chi connectivity index (χ2v) is 4.03. The standard InChI is InChI=1S/C10H10BrClO2/c11-4-3-10(14)7-1-2-8(6-13)9(12)5-7/h1-2,5,13H,3-4,6H2. The van der Waals surface area contributed by atoms with Gasteiger partial charge in [-0.3, -0.25) is 4.79 Å². The molecule has 0 saturated heterocycles. The first-order chi connectivity index (χ1) is 6.69. The number of hydrogen-bond donors (Lipinski definition) is 1. The van der Waals surface area contributed by atoms with Gasteiger partial charge >= 0.3 is 0 Å². The van der Waals surface area contributed by atoms with E-state index in [0.29, 0.717) is 27.9 Å². The van der Waals surface area contributed by atoms with Crippen LogP contribution in [0.4, 0.5) is 0 Å². The molecular formula is C10H10BrClO2. The highest BCUT2D eigenvalue weighted by Crippen LogP contribution is 2.18. The minimum atomic E-state index is -0.105. The van der Waals surface area contributed by atoms with Crippen LogP contribution >= 0.6 is 27.5 Å². The van der Waals surface area contributed by atoms with Crippen molar-refractivity contribution in [2.24, 2.45) is 0 Å². The Morgan fingerprint density at radius 2 is 2.21 bits per heavy atom. The van der Waals surface area contributed by atoms with E-state index in [0.717, 1.165) is 0 Å². The van der Waals surface area contributed by atoms with Crippen molar-refractivity contribution in [1.82, 2.24) is 0 Å². The van der Waals surface area contributed by atoms with Crippen LogP contribution in [0.3, 0.4) is 0 Å². The Kier molecular flexibility index (Phi) is 4.58. The number of rotatable bonds is 4. The lowest BCUT2D eigenvalue weighted by molar-refractivity contribution is 0.0990. The highest BCUT2D eigenvalue weighted by Gasteiger charge is 2.07. The van der Waals surface area contributed by atoms with Gasteiger partial charge in [0.05, 0.1) is 6.61 Å². The van der Waals surface area contributed by atoms with Crippen molar-refractivity contribution in [2.45, 2.75) is 13.0 Å². The van der Waals surface area contributed by atoms with E-state index < -0.39 is 0 Å². The molecule has 0 radical (unpaired) electrons. The molecule has 0 atom stereocenters. The maximum atomic E-state index is 11.4. The van der Waals surface area contributed by atoms with E-state index in [1.54, 1.807) is 18.2 Å². The molecule has 0 bridgehead atoms. The lowest BCUT2D eigenvalue weighted by atomic mass is 10.1. The SMILES string of the molecule is O=C(CCBr)c1ccc(CO)c(Cl)c1. The van der Waals surface area contributed by atoms with E-state index in [4.69, 9.17) is 16.7 Å². The van der Waals surface area contributed by atoms with Gasteiger partial charge in [0.2, 0.25) is 0 Å². The Morgan fingerprint density at radius 3 is 2.71 bits per heavy atom. The molecule has 0 aliphatic heterocycles. The summed E-state index contributed by atoms with van der Waals surface area (Å²) in [7, 11) is 0. The Bertz CT molecular complexity index is 339. The van der Waals surface area contributed by atoms with Crippen molar-refractivity contribution in [3.63, 3.8) is 0 Å². The van der Waals surface area contributed by atoms with Crippen LogP contribution in [0.2, 0.25) is 5.02 Å². The zero-order chi connectivity index (χ0) is 10.6. The van der Waals surface area contributed by atoms with Crippen LogP contribution in [0.25, 0.3) is 0 Å². The molecule has 0 aliphatic rings. The fourth-order valence-electron chi connectivity index (χ4n) is 1.08. The zero-order valence-electron chi connectivity index (χ0n) is 7.46. The topological polar surface area (TPSA) is 37.3 Å². The molecule has 0 amide bonds. The fraction of sp³-hybridized carbons (Fsp3) is 0.300. The van der Waals surface area contributed by atoms with Crippen LogP contribution in [-0.2, 0) is 6.61 Å². The molecule has 4 heteroatoms. The summed E-state index contributed by atoms with van der Waals surface area (Å²) in [6, 6.07) is 4.95. The molecule has 0 unspecified atom stereocenters. The number of carbonyl (C=O) groups excluding carboxylic acids is 1. The van der Waals surface area contributed by atoms with E-state index >= 15 is 0 Å². The molecule has 1 aromatic rings. The van der Waals surface area contributed by atoms with Crippen molar-refractivity contribution in [3.8, 4) is 0 Å². The maximum Gasteiger partial charge on any atom is 0.163 e. The van der Waals surface area contributed by atoms with Crippen molar-refractivity contribution >= 4 is 33.3 Å². The second-order valence-electron chi connectivity index (χ2n) is 2.83. The van der Waals surface area contributed by atoms with Crippen LogP contribution in [0.15, 0.2) is 18.2 Å². The third-order valence-corrected chi connectivity index (χ3v) is 2.62. The van der Waals surface area contributed by atoms with Gasteiger partial charge in [-0.25, -0.2) is 0 Å². The average molecular weight is 278 g/mol. The first kappa shape index (κ1) is 11.7. The molecule has 0 fully saturated rings. The van der Waals surface area contributed by atoms with Crippen molar-refractivity contribution in [1.29, 1.82) is 0 Å². The second kappa shape index (κ2) is 5.49. The van der Waals surface area contributed by atoms with Gasteiger partial charge in [-0.1, -0.05) is 39.7 Å². The molecule has 1 aromatic carbocycles. The number of benzene rings is 1. The highest BCUT2D eigenvalue weighted by molar-refractivity contribution is 9.09. The van der Waals surface area contributed by atoms with Gasteiger partial charge in [-0.15, -0.1) is 0 Å².